The van der Waals surface area contributed by atoms with Crippen LogP contribution < -0.4 is 10.1 Å². The summed E-state index contributed by atoms with van der Waals surface area (Å²) >= 11 is 12.5. The Morgan fingerprint density at radius 2 is 1.58 bits per heavy atom. The second-order valence-corrected chi connectivity index (χ2v) is 12.3. The molecule has 8 heteroatoms. The largest absolute Gasteiger partial charge is 0.497 e. The topological polar surface area (TPSA) is 92.7 Å². The average Bonchev–Trinajstić information content (AvgIpc) is 3.33. The number of aliphatic carboxylic acids is 1. The number of methoxy groups -OCH3 is 1. The fraction of sp³-hybridized carbons (Fsp3) is 0.500. The van der Waals surface area contributed by atoms with Crippen LogP contribution in [0.3, 0.4) is 0 Å². The van der Waals surface area contributed by atoms with Crippen molar-refractivity contribution < 1.29 is 24.2 Å². The quantitative estimate of drug-likeness (QED) is 0.290. The number of carboxylic acid groups (broad SMARTS) is 1. The van der Waals surface area contributed by atoms with E-state index in [1.807, 2.05) is 0 Å². The van der Waals surface area contributed by atoms with Crippen LogP contribution in [-0.4, -0.2) is 35.9 Å². The van der Waals surface area contributed by atoms with Gasteiger partial charge < -0.3 is 15.2 Å². The summed E-state index contributed by atoms with van der Waals surface area (Å²) in [5.74, 6) is -0.982. The van der Waals surface area contributed by atoms with E-state index in [0.717, 1.165) is 49.7 Å². The van der Waals surface area contributed by atoms with E-state index in [2.05, 4.69) is 26.1 Å². The number of hydrogen-bond donors (Lipinski definition) is 2. The summed E-state index contributed by atoms with van der Waals surface area (Å²) < 4.78 is 5.13. The van der Waals surface area contributed by atoms with Gasteiger partial charge in [-0.15, -0.1) is 0 Å². The number of benzene rings is 2. The van der Waals surface area contributed by atoms with E-state index < -0.39 is 17.4 Å². The van der Waals surface area contributed by atoms with Crippen LogP contribution >= 0.6 is 23.2 Å². The fourth-order valence-corrected chi connectivity index (χ4v) is 5.68. The van der Waals surface area contributed by atoms with Gasteiger partial charge in [0.05, 0.1) is 22.7 Å². The highest BCUT2D eigenvalue weighted by molar-refractivity contribution is 6.40. The average molecular weight is 563 g/mol. The number of carbonyl (C=O) groups excluding carboxylic acids is 2. The van der Waals surface area contributed by atoms with E-state index in [1.165, 1.54) is 7.11 Å². The molecule has 1 atom stereocenters. The van der Waals surface area contributed by atoms with Crippen molar-refractivity contribution >= 4 is 40.9 Å². The molecule has 2 N–H and O–H groups in total. The highest BCUT2D eigenvalue weighted by Crippen LogP contribution is 2.44. The predicted molar refractivity (Wildman–Crippen MR) is 150 cm³/mol. The summed E-state index contributed by atoms with van der Waals surface area (Å²) in [4.78, 5) is 38.3. The van der Waals surface area contributed by atoms with Crippen molar-refractivity contribution in [2.45, 2.75) is 78.2 Å². The van der Waals surface area contributed by atoms with E-state index in [9.17, 15) is 19.5 Å². The van der Waals surface area contributed by atoms with E-state index in [4.69, 9.17) is 27.9 Å². The number of halogens is 2. The first kappa shape index (κ1) is 30.0. The molecule has 1 amide bonds. The second-order valence-electron chi connectivity index (χ2n) is 11.5. The Hall–Kier alpha value is -2.57. The molecule has 2 aromatic rings. The van der Waals surface area contributed by atoms with Crippen LogP contribution in [0.1, 0.15) is 80.8 Å². The van der Waals surface area contributed by atoms with Crippen molar-refractivity contribution in [2.24, 2.45) is 10.8 Å². The van der Waals surface area contributed by atoms with Crippen molar-refractivity contribution in [3.05, 3.63) is 63.1 Å². The van der Waals surface area contributed by atoms with Gasteiger partial charge in [0, 0.05) is 18.3 Å². The minimum Gasteiger partial charge on any atom is -0.497 e. The summed E-state index contributed by atoms with van der Waals surface area (Å²) in [6.07, 6.45) is 5.48. The summed E-state index contributed by atoms with van der Waals surface area (Å²) in [6, 6.07) is 9.19. The van der Waals surface area contributed by atoms with Gasteiger partial charge in [-0.05, 0) is 54.4 Å². The first-order valence-corrected chi connectivity index (χ1v) is 13.8. The third kappa shape index (κ3) is 7.73. The monoisotopic (exact) mass is 561 g/mol. The van der Waals surface area contributed by atoms with Crippen LogP contribution in [0.15, 0.2) is 36.4 Å². The van der Waals surface area contributed by atoms with Gasteiger partial charge in [-0.1, -0.05) is 81.1 Å². The molecule has 0 saturated heterocycles. The zero-order valence-electron chi connectivity index (χ0n) is 22.5. The number of Topliss-reactive ketones (excluding diaryl/α,β-unsaturated/α-hetero) is 1. The lowest BCUT2D eigenvalue weighted by molar-refractivity contribution is -0.144. The highest BCUT2D eigenvalue weighted by Gasteiger charge is 2.42. The van der Waals surface area contributed by atoms with Crippen molar-refractivity contribution in [3.63, 3.8) is 0 Å². The summed E-state index contributed by atoms with van der Waals surface area (Å²) in [5, 5.41) is 13.1. The maximum absolute atomic E-state index is 13.4. The van der Waals surface area contributed by atoms with Gasteiger partial charge in [0.1, 0.15) is 11.8 Å². The molecule has 0 aliphatic heterocycles. The van der Waals surface area contributed by atoms with Gasteiger partial charge in [-0.2, -0.15) is 0 Å². The molecule has 3 rings (SSSR count). The van der Waals surface area contributed by atoms with Crippen LogP contribution in [0.2, 0.25) is 10.0 Å². The third-order valence-corrected chi connectivity index (χ3v) is 7.95. The van der Waals surface area contributed by atoms with Crippen molar-refractivity contribution in [1.29, 1.82) is 0 Å². The summed E-state index contributed by atoms with van der Waals surface area (Å²) in [7, 11) is 1.49. The van der Waals surface area contributed by atoms with E-state index in [-0.39, 0.29) is 45.6 Å². The zero-order valence-corrected chi connectivity index (χ0v) is 24.0. The van der Waals surface area contributed by atoms with Crippen molar-refractivity contribution in [1.82, 2.24) is 5.32 Å². The maximum Gasteiger partial charge on any atom is 0.326 e. The molecule has 1 fully saturated rings. The van der Waals surface area contributed by atoms with Gasteiger partial charge in [0.25, 0.3) is 0 Å². The first-order valence-electron chi connectivity index (χ1n) is 13.0. The van der Waals surface area contributed by atoms with Crippen LogP contribution in [-0.2, 0) is 22.4 Å². The zero-order chi connectivity index (χ0) is 28.1. The molecule has 0 radical (unpaired) electrons. The highest BCUT2D eigenvalue weighted by atomic mass is 35.5. The molecule has 2 aromatic carbocycles. The molecule has 38 heavy (non-hydrogen) atoms. The van der Waals surface area contributed by atoms with E-state index in [1.54, 1.807) is 36.4 Å². The molecule has 0 heterocycles. The molecule has 206 valence electrons. The van der Waals surface area contributed by atoms with Crippen LogP contribution in [0.4, 0.5) is 0 Å². The van der Waals surface area contributed by atoms with Crippen LogP contribution in [0, 0.1) is 10.8 Å². The molecule has 0 aromatic heterocycles. The molecule has 0 unspecified atom stereocenters. The Kier molecular flexibility index (Phi) is 9.88. The molecule has 6 nitrogen and oxygen atoms in total. The van der Waals surface area contributed by atoms with Crippen molar-refractivity contribution in [2.75, 3.05) is 7.11 Å². The Labute approximate surface area is 235 Å². The van der Waals surface area contributed by atoms with E-state index >= 15 is 0 Å². The predicted octanol–water partition coefficient (Wildman–Crippen LogP) is 6.93. The number of amides is 1. The minimum atomic E-state index is -1.06. The number of carbonyl (C=O) groups is 3. The normalized spacial score (nSPS) is 15.6. The first-order chi connectivity index (χ1) is 17.8. The Morgan fingerprint density at radius 1 is 1.03 bits per heavy atom. The number of ketones is 1. The smallest absolute Gasteiger partial charge is 0.326 e. The van der Waals surface area contributed by atoms with E-state index in [0.29, 0.717) is 5.75 Å². The van der Waals surface area contributed by atoms with Crippen molar-refractivity contribution in [3.8, 4) is 5.75 Å². The molecule has 1 aliphatic carbocycles. The van der Waals surface area contributed by atoms with Gasteiger partial charge in [-0.3, -0.25) is 9.59 Å². The lowest BCUT2D eigenvalue weighted by Gasteiger charge is -2.32. The lowest BCUT2D eigenvalue weighted by Crippen LogP contribution is -2.49. The molecule has 1 saturated carbocycles. The number of rotatable bonds is 11. The van der Waals surface area contributed by atoms with Gasteiger partial charge in [0.15, 0.2) is 5.78 Å². The SMILES string of the molecule is COc1cc(Cl)c(C(=O)Cc2ccc(C[C@H](NC(=O)C3(CCC(C)(C)C)CCCC3)C(=O)O)cc2)c(Cl)c1. The summed E-state index contributed by atoms with van der Waals surface area (Å²) in [5.41, 5.74) is 1.35. The van der Waals surface area contributed by atoms with Gasteiger partial charge in [0.2, 0.25) is 5.91 Å². The lowest BCUT2D eigenvalue weighted by atomic mass is 9.75. The van der Waals surface area contributed by atoms with Gasteiger partial charge >= 0.3 is 5.97 Å². The number of carboxylic acids is 1. The van der Waals surface area contributed by atoms with Crippen LogP contribution in [0.25, 0.3) is 0 Å². The Balaban J connectivity index is 1.67. The Morgan fingerprint density at radius 3 is 2.08 bits per heavy atom. The number of hydrogen-bond acceptors (Lipinski definition) is 4. The molecule has 0 spiro atoms. The maximum atomic E-state index is 13.4. The molecule has 0 bridgehead atoms. The molecule has 1 aliphatic rings. The third-order valence-electron chi connectivity index (χ3n) is 7.36. The van der Waals surface area contributed by atoms with Gasteiger partial charge in [-0.25, -0.2) is 4.79 Å². The van der Waals surface area contributed by atoms with Crippen LogP contribution in [0.5, 0.6) is 5.75 Å². The standard InChI is InChI=1S/C30H37Cl2NO5/c1-29(2,3)13-14-30(11-5-6-12-30)28(37)33-24(27(35)36)15-19-7-9-20(10-8-19)16-25(34)26-22(31)17-21(38-4)18-23(26)32/h7-10,17-18,24H,5-6,11-16H2,1-4H3,(H,33,37)(H,35,36)/t24-/m0/s1. The second kappa shape index (κ2) is 12.5. The fourth-order valence-electron chi connectivity index (χ4n) is 5.00. The summed E-state index contributed by atoms with van der Waals surface area (Å²) in [6.45, 7) is 6.47. The molecular formula is C30H37Cl2NO5. The minimum absolute atomic E-state index is 0.0848. The molecular weight excluding hydrogens is 525 g/mol. The number of ether oxygens (including phenoxy) is 1. The Bertz CT molecular complexity index is 1140. The number of nitrogens with one attached hydrogen (secondary N) is 1.